The third kappa shape index (κ3) is 8.75. The van der Waals surface area contributed by atoms with Crippen LogP contribution in [0.3, 0.4) is 0 Å². The first kappa shape index (κ1) is 31.1. The van der Waals surface area contributed by atoms with Gasteiger partial charge in [0.1, 0.15) is 6.61 Å². The standard InChI is InChI=1S/C29H36F2O6S/c1-5-7-8-9-11-21(10-6-2)28(32)37-19-24(20-12-15-23(16-13-20)38(4,34)35)27(29(33)36-3)22-14-17-25(30)26(31)18-22/h12-18,21H,5-11,19H2,1-4H3/b27-24+. The number of rotatable bonds is 14. The Morgan fingerprint density at radius 2 is 1.53 bits per heavy atom. The Hall–Kier alpha value is -3.07. The van der Waals surface area contributed by atoms with Gasteiger partial charge in [-0.05, 0) is 48.2 Å². The Morgan fingerprint density at radius 3 is 2.08 bits per heavy atom. The number of sulfone groups is 1. The van der Waals surface area contributed by atoms with Crippen LogP contribution in [-0.2, 0) is 28.9 Å². The number of esters is 2. The maximum atomic E-state index is 14.1. The van der Waals surface area contributed by atoms with Gasteiger partial charge in [0.15, 0.2) is 21.5 Å². The van der Waals surface area contributed by atoms with E-state index >= 15 is 0 Å². The maximum Gasteiger partial charge on any atom is 0.338 e. The van der Waals surface area contributed by atoms with Crippen molar-refractivity contribution in [1.29, 1.82) is 0 Å². The summed E-state index contributed by atoms with van der Waals surface area (Å²) in [5, 5.41) is 0. The summed E-state index contributed by atoms with van der Waals surface area (Å²) in [5.74, 6) is -3.82. The quantitative estimate of drug-likeness (QED) is 0.117. The lowest BCUT2D eigenvalue weighted by atomic mass is 9.94. The highest BCUT2D eigenvalue weighted by Crippen LogP contribution is 2.30. The maximum absolute atomic E-state index is 14.1. The van der Waals surface area contributed by atoms with E-state index in [0.717, 1.165) is 57.6 Å². The molecule has 1 unspecified atom stereocenters. The third-order valence-corrected chi connectivity index (χ3v) is 7.39. The van der Waals surface area contributed by atoms with Crippen LogP contribution in [0.25, 0.3) is 11.1 Å². The van der Waals surface area contributed by atoms with Gasteiger partial charge in [0, 0.05) is 11.8 Å². The van der Waals surface area contributed by atoms with Crippen molar-refractivity contribution >= 4 is 32.9 Å². The number of hydrogen-bond donors (Lipinski definition) is 0. The van der Waals surface area contributed by atoms with Gasteiger partial charge in [-0.3, -0.25) is 4.79 Å². The van der Waals surface area contributed by atoms with Crippen molar-refractivity contribution in [2.24, 2.45) is 5.92 Å². The highest BCUT2D eigenvalue weighted by molar-refractivity contribution is 7.90. The van der Waals surface area contributed by atoms with Crippen LogP contribution in [0.1, 0.15) is 69.9 Å². The third-order valence-electron chi connectivity index (χ3n) is 6.27. The Bertz CT molecular complexity index is 1240. The molecule has 0 fully saturated rings. The molecule has 0 N–H and O–H groups in total. The smallest absolute Gasteiger partial charge is 0.338 e. The highest BCUT2D eigenvalue weighted by atomic mass is 32.2. The lowest BCUT2D eigenvalue weighted by molar-refractivity contribution is -0.147. The molecule has 0 amide bonds. The summed E-state index contributed by atoms with van der Waals surface area (Å²) in [6.07, 6.45) is 7.27. The fourth-order valence-electron chi connectivity index (χ4n) is 4.18. The van der Waals surface area contributed by atoms with Crippen molar-refractivity contribution in [3.8, 4) is 0 Å². The molecule has 1 atom stereocenters. The molecular formula is C29H36F2O6S. The molecule has 6 nitrogen and oxygen atoms in total. The van der Waals surface area contributed by atoms with Gasteiger partial charge >= 0.3 is 11.9 Å². The minimum atomic E-state index is -3.49. The van der Waals surface area contributed by atoms with Gasteiger partial charge in [0.25, 0.3) is 0 Å². The van der Waals surface area contributed by atoms with E-state index in [1.165, 1.54) is 30.3 Å². The first-order valence-corrected chi connectivity index (χ1v) is 14.7. The Balaban J connectivity index is 2.54. The number of carbonyl (C=O) groups excluding carboxylic acids is 2. The number of unbranched alkanes of at least 4 members (excludes halogenated alkanes) is 3. The first-order chi connectivity index (χ1) is 18.0. The molecule has 0 aromatic heterocycles. The second-order valence-electron chi connectivity index (χ2n) is 9.21. The summed E-state index contributed by atoms with van der Waals surface area (Å²) in [4.78, 5) is 26.0. The van der Waals surface area contributed by atoms with Gasteiger partial charge in [-0.1, -0.05) is 64.2 Å². The van der Waals surface area contributed by atoms with E-state index in [4.69, 9.17) is 9.47 Å². The summed E-state index contributed by atoms with van der Waals surface area (Å²) in [7, 11) is -2.34. The van der Waals surface area contributed by atoms with Crippen LogP contribution >= 0.6 is 0 Å². The molecule has 0 aliphatic rings. The topological polar surface area (TPSA) is 86.7 Å². The van der Waals surface area contributed by atoms with Gasteiger partial charge < -0.3 is 9.47 Å². The second-order valence-corrected chi connectivity index (χ2v) is 11.2. The number of hydrogen-bond acceptors (Lipinski definition) is 6. The molecule has 0 saturated heterocycles. The van der Waals surface area contributed by atoms with E-state index in [1.807, 2.05) is 6.92 Å². The van der Waals surface area contributed by atoms with Crippen molar-refractivity contribution in [2.45, 2.75) is 63.7 Å². The minimum absolute atomic E-state index is 0.0265. The average molecular weight is 551 g/mol. The van der Waals surface area contributed by atoms with E-state index < -0.39 is 33.4 Å². The molecule has 0 aliphatic heterocycles. The summed E-state index contributed by atoms with van der Waals surface area (Å²) < 4.78 is 62.3. The lowest BCUT2D eigenvalue weighted by Crippen LogP contribution is -2.20. The summed E-state index contributed by atoms with van der Waals surface area (Å²) >= 11 is 0. The number of methoxy groups -OCH3 is 1. The molecule has 0 heterocycles. The van der Waals surface area contributed by atoms with Crippen LogP contribution in [0.2, 0.25) is 0 Å². The SMILES string of the molecule is CCCCCCC(CCC)C(=O)OC/C(=C(\C(=O)OC)c1ccc(F)c(F)c1)c1ccc(S(C)(=O)=O)cc1. The van der Waals surface area contributed by atoms with Crippen molar-refractivity contribution in [3.05, 3.63) is 65.2 Å². The van der Waals surface area contributed by atoms with Gasteiger partial charge in [-0.25, -0.2) is 22.0 Å². The lowest BCUT2D eigenvalue weighted by Gasteiger charge is -2.19. The zero-order valence-electron chi connectivity index (χ0n) is 22.4. The van der Waals surface area contributed by atoms with Crippen LogP contribution in [0, 0.1) is 17.6 Å². The monoisotopic (exact) mass is 550 g/mol. The molecule has 9 heteroatoms. The fourth-order valence-corrected chi connectivity index (χ4v) is 4.81. The van der Waals surface area contributed by atoms with Crippen molar-refractivity contribution in [3.63, 3.8) is 0 Å². The van der Waals surface area contributed by atoms with Gasteiger partial charge in [-0.2, -0.15) is 0 Å². The summed E-state index contributed by atoms with van der Waals surface area (Å²) in [6, 6.07) is 8.64. The zero-order valence-corrected chi connectivity index (χ0v) is 23.2. The first-order valence-electron chi connectivity index (χ1n) is 12.8. The van der Waals surface area contributed by atoms with Crippen LogP contribution in [0.5, 0.6) is 0 Å². The Kier molecular flexibility index (Phi) is 12.1. The molecule has 0 saturated carbocycles. The fraction of sp³-hybridized carbons (Fsp3) is 0.448. The van der Waals surface area contributed by atoms with E-state index in [2.05, 4.69) is 6.92 Å². The van der Waals surface area contributed by atoms with Gasteiger partial charge in [-0.15, -0.1) is 0 Å². The van der Waals surface area contributed by atoms with Crippen LogP contribution in [-0.4, -0.2) is 40.3 Å². The van der Waals surface area contributed by atoms with Crippen LogP contribution < -0.4 is 0 Å². The molecule has 208 valence electrons. The molecule has 0 spiro atoms. The predicted molar refractivity (Wildman–Crippen MR) is 143 cm³/mol. The van der Waals surface area contributed by atoms with Crippen molar-refractivity contribution in [2.75, 3.05) is 20.0 Å². The molecule has 2 aromatic rings. The molecular weight excluding hydrogens is 514 g/mol. The summed E-state index contributed by atoms with van der Waals surface area (Å²) in [5.41, 5.74) is 0.447. The van der Waals surface area contributed by atoms with E-state index in [0.29, 0.717) is 18.4 Å². The molecule has 0 radical (unpaired) electrons. The molecule has 0 aliphatic carbocycles. The largest absolute Gasteiger partial charge is 0.465 e. The Morgan fingerprint density at radius 1 is 0.868 bits per heavy atom. The van der Waals surface area contributed by atoms with Crippen LogP contribution in [0.15, 0.2) is 47.4 Å². The number of benzene rings is 2. The molecule has 2 aromatic carbocycles. The van der Waals surface area contributed by atoms with Gasteiger partial charge in [0.05, 0.1) is 23.5 Å². The van der Waals surface area contributed by atoms with Crippen LogP contribution in [0.4, 0.5) is 8.78 Å². The second kappa shape index (κ2) is 14.8. The van der Waals surface area contributed by atoms with Gasteiger partial charge in [0.2, 0.25) is 0 Å². The van der Waals surface area contributed by atoms with E-state index in [-0.39, 0.29) is 34.1 Å². The highest BCUT2D eigenvalue weighted by Gasteiger charge is 2.25. The molecule has 0 bridgehead atoms. The molecule has 2 rings (SSSR count). The zero-order chi connectivity index (χ0) is 28.3. The van der Waals surface area contributed by atoms with Crippen molar-refractivity contribution < 1.29 is 36.3 Å². The van der Waals surface area contributed by atoms with E-state index in [1.54, 1.807) is 0 Å². The predicted octanol–water partition coefficient (Wildman–Crippen LogP) is 6.38. The minimum Gasteiger partial charge on any atom is -0.465 e. The van der Waals surface area contributed by atoms with E-state index in [9.17, 15) is 26.8 Å². The number of halogens is 2. The summed E-state index contributed by atoms with van der Waals surface area (Å²) in [6.45, 7) is 3.75. The normalized spacial score (nSPS) is 13.0. The molecule has 38 heavy (non-hydrogen) atoms. The Labute approximate surface area is 224 Å². The number of carbonyl (C=O) groups is 2. The average Bonchev–Trinajstić information content (AvgIpc) is 2.89. The van der Waals surface area contributed by atoms with Crippen molar-refractivity contribution in [1.82, 2.24) is 0 Å². The number of ether oxygens (including phenoxy) is 2.